The number of halogens is 1. The summed E-state index contributed by atoms with van der Waals surface area (Å²) in [7, 11) is 3.57. The number of nitrogens with zero attached hydrogens (tertiary/aromatic N) is 5. The Hall–Kier alpha value is -2.13. The third-order valence-corrected chi connectivity index (χ3v) is 3.36. The van der Waals surface area contributed by atoms with E-state index < -0.39 is 0 Å². The fraction of sp³-hybridized carbons (Fsp3) is 0.154. The first kappa shape index (κ1) is 13.3. The lowest BCUT2D eigenvalue weighted by Crippen LogP contribution is -2.15. The maximum atomic E-state index is 8.87. The van der Waals surface area contributed by atoms with Crippen LogP contribution in [0.4, 0.5) is 17.3 Å². The van der Waals surface area contributed by atoms with Crippen LogP contribution in [0.3, 0.4) is 0 Å². The molecule has 1 aromatic carbocycles. The second-order valence-corrected chi connectivity index (χ2v) is 4.76. The van der Waals surface area contributed by atoms with E-state index in [1.54, 1.807) is 13.1 Å². The number of para-hydroxylation sites is 1. The Morgan fingerprint density at radius 1 is 1.16 bits per heavy atom. The zero-order chi connectivity index (χ0) is 13.8. The minimum absolute atomic E-state index is 0.561. The second kappa shape index (κ2) is 5.67. The standard InChI is InChI=1S/C13H12BrN5/c1-18(8-15)12-7-13(17-9-16-12)19(2)11-6-4-3-5-10(11)14/h3-7,9H,1-2H3. The molecule has 0 aliphatic rings. The van der Waals surface area contributed by atoms with Crippen molar-refractivity contribution in [3.05, 3.63) is 41.1 Å². The zero-order valence-electron chi connectivity index (χ0n) is 10.6. The molecule has 0 aliphatic carbocycles. The summed E-state index contributed by atoms with van der Waals surface area (Å²) in [6, 6.07) is 9.63. The molecule has 2 rings (SSSR count). The molecule has 0 atom stereocenters. The van der Waals surface area contributed by atoms with Crippen LogP contribution in [0.2, 0.25) is 0 Å². The molecule has 0 bridgehead atoms. The van der Waals surface area contributed by atoms with Crippen LogP contribution in [0, 0.1) is 11.5 Å². The highest BCUT2D eigenvalue weighted by Crippen LogP contribution is 2.30. The van der Waals surface area contributed by atoms with Gasteiger partial charge < -0.3 is 4.90 Å². The maximum Gasteiger partial charge on any atom is 0.185 e. The minimum atomic E-state index is 0.561. The van der Waals surface area contributed by atoms with Crippen LogP contribution in [0.5, 0.6) is 0 Å². The Balaban J connectivity index is 2.37. The van der Waals surface area contributed by atoms with Gasteiger partial charge in [0, 0.05) is 24.6 Å². The first-order valence-corrected chi connectivity index (χ1v) is 6.36. The Morgan fingerprint density at radius 3 is 2.53 bits per heavy atom. The van der Waals surface area contributed by atoms with Crippen molar-refractivity contribution in [3.63, 3.8) is 0 Å². The van der Waals surface area contributed by atoms with Gasteiger partial charge >= 0.3 is 0 Å². The van der Waals surface area contributed by atoms with Crippen LogP contribution in [0.25, 0.3) is 0 Å². The molecule has 1 heterocycles. The van der Waals surface area contributed by atoms with Crippen molar-refractivity contribution in [2.75, 3.05) is 23.9 Å². The van der Waals surface area contributed by atoms with Gasteiger partial charge in [0.15, 0.2) is 6.19 Å². The van der Waals surface area contributed by atoms with Gasteiger partial charge in [-0.25, -0.2) is 9.97 Å². The molecular formula is C13H12BrN5. The van der Waals surface area contributed by atoms with E-state index in [4.69, 9.17) is 5.26 Å². The summed E-state index contributed by atoms with van der Waals surface area (Å²) >= 11 is 3.51. The summed E-state index contributed by atoms with van der Waals surface area (Å²) in [5.41, 5.74) is 0.992. The van der Waals surface area contributed by atoms with Gasteiger partial charge in [-0.3, -0.25) is 4.90 Å². The molecule has 0 radical (unpaired) electrons. The van der Waals surface area contributed by atoms with Crippen molar-refractivity contribution in [1.82, 2.24) is 9.97 Å². The number of anilines is 3. The SMILES string of the molecule is CN(C#N)c1cc(N(C)c2ccccc2Br)ncn1. The number of aromatic nitrogens is 2. The minimum Gasteiger partial charge on any atom is -0.328 e. The van der Waals surface area contributed by atoms with Gasteiger partial charge in [-0.2, -0.15) is 5.26 Å². The van der Waals surface area contributed by atoms with E-state index in [9.17, 15) is 0 Å². The van der Waals surface area contributed by atoms with Crippen LogP contribution in [0.1, 0.15) is 0 Å². The van der Waals surface area contributed by atoms with Crippen molar-refractivity contribution >= 4 is 33.3 Å². The van der Waals surface area contributed by atoms with Crippen molar-refractivity contribution in [2.24, 2.45) is 0 Å². The van der Waals surface area contributed by atoms with Crippen LogP contribution < -0.4 is 9.80 Å². The van der Waals surface area contributed by atoms with Crippen molar-refractivity contribution in [3.8, 4) is 6.19 Å². The van der Waals surface area contributed by atoms with E-state index in [-0.39, 0.29) is 0 Å². The third kappa shape index (κ3) is 2.83. The van der Waals surface area contributed by atoms with E-state index in [0.29, 0.717) is 5.82 Å². The summed E-state index contributed by atoms with van der Waals surface area (Å²) in [6.07, 6.45) is 3.46. The van der Waals surface area contributed by atoms with Gasteiger partial charge in [0.1, 0.15) is 18.0 Å². The van der Waals surface area contributed by atoms with Crippen molar-refractivity contribution in [1.29, 1.82) is 5.26 Å². The van der Waals surface area contributed by atoms with E-state index in [1.165, 1.54) is 11.2 Å². The summed E-state index contributed by atoms with van der Waals surface area (Å²) in [4.78, 5) is 11.6. The third-order valence-electron chi connectivity index (χ3n) is 2.69. The molecule has 0 saturated heterocycles. The Kier molecular flexibility index (Phi) is 3.97. The average Bonchev–Trinajstić information content (AvgIpc) is 2.46. The first-order chi connectivity index (χ1) is 9.13. The molecule has 96 valence electrons. The monoisotopic (exact) mass is 317 g/mol. The fourth-order valence-corrected chi connectivity index (χ4v) is 2.15. The fourth-order valence-electron chi connectivity index (χ4n) is 1.60. The highest BCUT2D eigenvalue weighted by Gasteiger charge is 2.10. The molecular weight excluding hydrogens is 306 g/mol. The summed E-state index contributed by atoms with van der Waals surface area (Å²) < 4.78 is 0.978. The highest BCUT2D eigenvalue weighted by molar-refractivity contribution is 9.10. The molecule has 0 spiro atoms. The molecule has 2 aromatic rings. The molecule has 6 heteroatoms. The molecule has 0 fully saturated rings. The lowest BCUT2D eigenvalue weighted by Gasteiger charge is -2.20. The van der Waals surface area contributed by atoms with Crippen LogP contribution in [-0.4, -0.2) is 24.1 Å². The van der Waals surface area contributed by atoms with Crippen molar-refractivity contribution < 1.29 is 0 Å². The first-order valence-electron chi connectivity index (χ1n) is 5.57. The van der Waals surface area contributed by atoms with Gasteiger partial charge in [0.2, 0.25) is 0 Å². The average molecular weight is 318 g/mol. The van der Waals surface area contributed by atoms with Gasteiger partial charge in [-0.15, -0.1) is 0 Å². The van der Waals surface area contributed by atoms with Gasteiger partial charge in [0.25, 0.3) is 0 Å². The van der Waals surface area contributed by atoms with E-state index in [2.05, 4.69) is 25.9 Å². The molecule has 19 heavy (non-hydrogen) atoms. The smallest absolute Gasteiger partial charge is 0.185 e. The van der Waals surface area contributed by atoms with Gasteiger partial charge in [-0.05, 0) is 28.1 Å². The predicted octanol–water partition coefficient (Wildman–Crippen LogP) is 2.92. The molecule has 1 aromatic heterocycles. The van der Waals surface area contributed by atoms with Crippen LogP contribution in [0.15, 0.2) is 41.1 Å². The number of nitriles is 1. The topological polar surface area (TPSA) is 56.1 Å². The Morgan fingerprint density at radius 2 is 1.84 bits per heavy atom. The molecule has 0 N–H and O–H groups in total. The summed E-state index contributed by atoms with van der Waals surface area (Å²) in [5, 5.41) is 8.87. The normalized spacial score (nSPS) is 9.79. The van der Waals surface area contributed by atoms with E-state index in [0.717, 1.165) is 16.0 Å². The van der Waals surface area contributed by atoms with E-state index in [1.807, 2.05) is 42.4 Å². The lowest BCUT2D eigenvalue weighted by atomic mass is 10.3. The molecule has 0 amide bonds. The molecule has 5 nitrogen and oxygen atoms in total. The summed E-state index contributed by atoms with van der Waals surface area (Å²) in [5.74, 6) is 1.28. The maximum absolute atomic E-state index is 8.87. The number of hydrogen-bond donors (Lipinski definition) is 0. The van der Waals surface area contributed by atoms with Gasteiger partial charge in [0.05, 0.1) is 5.69 Å². The largest absolute Gasteiger partial charge is 0.328 e. The molecule has 0 saturated carbocycles. The quantitative estimate of drug-likeness (QED) is 0.643. The second-order valence-electron chi connectivity index (χ2n) is 3.90. The molecule has 0 aliphatic heterocycles. The van der Waals surface area contributed by atoms with Gasteiger partial charge in [-0.1, -0.05) is 12.1 Å². The van der Waals surface area contributed by atoms with E-state index >= 15 is 0 Å². The lowest BCUT2D eigenvalue weighted by molar-refractivity contribution is 1.04. The Labute approximate surface area is 120 Å². The molecule has 0 unspecified atom stereocenters. The van der Waals surface area contributed by atoms with Crippen LogP contribution in [-0.2, 0) is 0 Å². The van der Waals surface area contributed by atoms with Crippen LogP contribution >= 0.6 is 15.9 Å². The Bertz CT molecular complexity index is 622. The number of rotatable bonds is 3. The zero-order valence-corrected chi connectivity index (χ0v) is 12.2. The van der Waals surface area contributed by atoms with Crippen molar-refractivity contribution in [2.45, 2.75) is 0 Å². The highest BCUT2D eigenvalue weighted by atomic mass is 79.9. The number of benzene rings is 1. The predicted molar refractivity (Wildman–Crippen MR) is 78.3 cm³/mol. The number of hydrogen-bond acceptors (Lipinski definition) is 5. The summed E-state index contributed by atoms with van der Waals surface area (Å²) in [6.45, 7) is 0.